The summed E-state index contributed by atoms with van der Waals surface area (Å²) in [5, 5.41) is 3.50. The number of carbonyl (C=O) groups is 1. The normalized spacial score (nSPS) is 16.8. The number of rotatable bonds is 2. The van der Waals surface area contributed by atoms with Crippen LogP contribution in [0.1, 0.15) is 22.2 Å². The molecule has 4 rings (SSSR count). The molecule has 2 aromatic carbocycles. The highest BCUT2D eigenvalue weighted by Crippen LogP contribution is 2.36. The molecule has 0 fully saturated rings. The minimum absolute atomic E-state index is 0.0109. The molecule has 1 atom stereocenters. The second kappa shape index (κ2) is 5.32. The monoisotopic (exact) mass is 303 g/mol. The number of fused-ring (bicyclic) bond motifs is 1. The Labute approximate surface area is 135 Å². The second-order valence-electron chi connectivity index (χ2n) is 5.65. The fraction of sp³-hybridized carbons (Fsp3) is 0.105. The van der Waals surface area contributed by atoms with Crippen LogP contribution in [0, 0.1) is 0 Å². The quantitative estimate of drug-likeness (QED) is 0.782. The molecule has 2 heterocycles. The minimum atomic E-state index is -0.236. The van der Waals surface area contributed by atoms with Crippen LogP contribution in [0.25, 0.3) is 0 Å². The van der Waals surface area contributed by atoms with Crippen molar-refractivity contribution < 1.29 is 4.79 Å². The van der Waals surface area contributed by atoms with Crippen LogP contribution in [0.3, 0.4) is 0 Å². The van der Waals surface area contributed by atoms with Crippen LogP contribution in [-0.4, -0.2) is 10.5 Å². The lowest BCUT2D eigenvalue weighted by Crippen LogP contribution is -2.43. The number of nitrogens with zero attached hydrogens (tertiary/aromatic N) is 2. The lowest BCUT2D eigenvalue weighted by atomic mass is 10.1. The number of amides is 1. The first-order valence-corrected chi connectivity index (χ1v) is 7.61. The number of hydrogen-bond acceptors (Lipinski definition) is 2. The molecule has 1 amide bonds. The number of aromatic nitrogens is 1. The number of nitrogens with one attached hydrogen (secondary N) is 1. The summed E-state index contributed by atoms with van der Waals surface area (Å²) in [5.74, 6) is 0.0109. The van der Waals surface area contributed by atoms with E-state index < -0.39 is 0 Å². The zero-order valence-corrected chi connectivity index (χ0v) is 12.8. The Morgan fingerprint density at radius 3 is 2.39 bits per heavy atom. The smallest absolute Gasteiger partial charge is 0.262 e. The molecule has 1 N–H and O–H groups in total. The topological polar surface area (TPSA) is 37.3 Å². The van der Waals surface area contributed by atoms with Gasteiger partial charge in [0.2, 0.25) is 0 Å². The zero-order chi connectivity index (χ0) is 15.8. The van der Waals surface area contributed by atoms with Crippen molar-refractivity contribution in [1.29, 1.82) is 0 Å². The Balaban J connectivity index is 1.89. The van der Waals surface area contributed by atoms with Crippen LogP contribution < -0.4 is 10.2 Å². The van der Waals surface area contributed by atoms with Crippen LogP contribution in [0.2, 0.25) is 0 Å². The Morgan fingerprint density at radius 1 is 0.913 bits per heavy atom. The van der Waals surface area contributed by atoms with E-state index in [9.17, 15) is 4.79 Å². The van der Waals surface area contributed by atoms with E-state index in [1.54, 1.807) is 0 Å². The van der Waals surface area contributed by atoms with Crippen molar-refractivity contribution in [3.05, 3.63) is 84.2 Å². The van der Waals surface area contributed by atoms with Crippen molar-refractivity contribution in [1.82, 2.24) is 4.57 Å². The molecule has 114 valence electrons. The molecule has 3 aromatic rings. The summed E-state index contributed by atoms with van der Waals surface area (Å²) >= 11 is 0. The first kappa shape index (κ1) is 13.6. The SMILES string of the molecule is Cn1cccc1[C@@H]1Nc2ccccc2C(=O)N1c1ccccc1. The third-order valence-corrected chi connectivity index (χ3v) is 4.23. The van der Waals surface area contributed by atoms with E-state index in [2.05, 4.69) is 5.32 Å². The molecule has 0 unspecified atom stereocenters. The third-order valence-electron chi connectivity index (χ3n) is 4.23. The van der Waals surface area contributed by atoms with Gasteiger partial charge in [-0.25, -0.2) is 0 Å². The summed E-state index contributed by atoms with van der Waals surface area (Å²) in [6.07, 6.45) is 1.75. The number of carbonyl (C=O) groups excluding carboxylic acids is 1. The van der Waals surface area contributed by atoms with Gasteiger partial charge in [0.15, 0.2) is 0 Å². The van der Waals surface area contributed by atoms with Crippen LogP contribution in [0.4, 0.5) is 11.4 Å². The van der Waals surface area contributed by atoms with Crippen LogP contribution in [0.5, 0.6) is 0 Å². The van der Waals surface area contributed by atoms with E-state index in [0.717, 1.165) is 17.1 Å². The van der Waals surface area contributed by atoms with Gasteiger partial charge in [-0.3, -0.25) is 9.69 Å². The summed E-state index contributed by atoms with van der Waals surface area (Å²) in [4.78, 5) is 14.9. The number of benzene rings is 2. The molecule has 0 spiro atoms. The number of para-hydroxylation sites is 2. The van der Waals surface area contributed by atoms with Gasteiger partial charge >= 0.3 is 0 Å². The molecule has 1 aromatic heterocycles. The summed E-state index contributed by atoms with van der Waals surface area (Å²) in [6, 6.07) is 21.5. The van der Waals surface area contributed by atoms with E-state index in [4.69, 9.17) is 0 Å². The van der Waals surface area contributed by atoms with Gasteiger partial charge < -0.3 is 9.88 Å². The molecule has 23 heavy (non-hydrogen) atoms. The van der Waals surface area contributed by atoms with Gasteiger partial charge in [0.1, 0.15) is 6.17 Å². The number of aryl methyl sites for hydroxylation is 1. The zero-order valence-electron chi connectivity index (χ0n) is 12.8. The molecule has 0 aliphatic carbocycles. The highest BCUT2D eigenvalue weighted by atomic mass is 16.2. The Morgan fingerprint density at radius 2 is 1.65 bits per heavy atom. The van der Waals surface area contributed by atoms with Gasteiger partial charge in [0.25, 0.3) is 5.91 Å². The molecule has 0 bridgehead atoms. The molecular formula is C19H17N3O. The van der Waals surface area contributed by atoms with Gasteiger partial charge in [0, 0.05) is 24.6 Å². The van der Waals surface area contributed by atoms with Crippen molar-refractivity contribution in [3.63, 3.8) is 0 Å². The molecule has 4 nitrogen and oxygen atoms in total. The second-order valence-corrected chi connectivity index (χ2v) is 5.65. The van der Waals surface area contributed by atoms with Gasteiger partial charge in [-0.2, -0.15) is 0 Å². The summed E-state index contributed by atoms with van der Waals surface area (Å²) in [5.41, 5.74) is 3.49. The van der Waals surface area contributed by atoms with E-state index in [-0.39, 0.29) is 12.1 Å². The van der Waals surface area contributed by atoms with Crippen molar-refractivity contribution in [2.75, 3.05) is 10.2 Å². The maximum atomic E-state index is 13.1. The lowest BCUT2D eigenvalue weighted by Gasteiger charge is -2.38. The largest absolute Gasteiger partial charge is 0.359 e. The van der Waals surface area contributed by atoms with Crippen LogP contribution >= 0.6 is 0 Å². The van der Waals surface area contributed by atoms with E-state index in [0.29, 0.717) is 5.56 Å². The molecular weight excluding hydrogens is 286 g/mol. The summed E-state index contributed by atoms with van der Waals surface area (Å²) < 4.78 is 2.04. The lowest BCUT2D eigenvalue weighted by molar-refractivity contribution is 0.0974. The van der Waals surface area contributed by atoms with Crippen LogP contribution in [0.15, 0.2) is 72.9 Å². The minimum Gasteiger partial charge on any atom is -0.359 e. The van der Waals surface area contributed by atoms with Crippen molar-refractivity contribution in [3.8, 4) is 0 Å². The Hall–Kier alpha value is -3.01. The summed E-state index contributed by atoms with van der Waals surface area (Å²) in [7, 11) is 1.99. The highest BCUT2D eigenvalue weighted by Gasteiger charge is 2.34. The molecule has 1 aliphatic rings. The van der Waals surface area contributed by atoms with Gasteiger partial charge in [-0.15, -0.1) is 0 Å². The van der Waals surface area contributed by atoms with Gasteiger partial charge in [0.05, 0.1) is 11.3 Å². The van der Waals surface area contributed by atoms with Crippen molar-refractivity contribution >= 4 is 17.3 Å². The molecule has 1 aliphatic heterocycles. The first-order chi connectivity index (χ1) is 11.3. The molecule has 0 saturated heterocycles. The van der Waals surface area contributed by atoms with Gasteiger partial charge in [-0.1, -0.05) is 30.3 Å². The van der Waals surface area contributed by atoms with Crippen LogP contribution in [-0.2, 0) is 7.05 Å². The van der Waals surface area contributed by atoms with E-state index >= 15 is 0 Å². The predicted octanol–water partition coefficient (Wildman–Crippen LogP) is 3.80. The predicted molar refractivity (Wildman–Crippen MR) is 91.5 cm³/mol. The Bertz CT molecular complexity index is 854. The molecule has 0 saturated carbocycles. The third kappa shape index (κ3) is 2.19. The van der Waals surface area contributed by atoms with E-state index in [1.807, 2.05) is 89.4 Å². The average molecular weight is 303 g/mol. The number of anilines is 2. The molecule has 0 radical (unpaired) electrons. The average Bonchev–Trinajstić information content (AvgIpc) is 3.01. The number of hydrogen-bond donors (Lipinski definition) is 1. The fourth-order valence-corrected chi connectivity index (χ4v) is 3.07. The van der Waals surface area contributed by atoms with E-state index in [1.165, 1.54) is 0 Å². The highest BCUT2D eigenvalue weighted by molar-refractivity contribution is 6.12. The maximum absolute atomic E-state index is 13.1. The van der Waals surface area contributed by atoms with Crippen molar-refractivity contribution in [2.45, 2.75) is 6.17 Å². The van der Waals surface area contributed by atoms with Gasteiger partial charge in [-0.05, 0) is 36.4 Å². The summed E-state index contributed by atoms with van der Waals surface area (Å²) in [6.45, 7) is 0. The standard InChI is InChI=1S/C19H17N3O/c1-21-13-7-12-17(21)18-20-16-11-6-5-10-15(16)19(23)22(18)14-8-3-2-4-9-14/h2-13,18,20H,1H3/t18-/m1/s1. The molecule has 4 heteroatoms. The Kier molecular flexibility index (Phi) is 3.15. The fourth-order valence-electron chi connectivity index (χ4n) is 3.07. The maximum Gasteiger partial charge on any atom is 0.262 e. The van der Waals surface area contributed by atoms with Crippen molar-refractivity contribution in [2.24, 2.45) is 7.05 Å². The first-order valence-electron chi connectivity index (χ1n) is 7.61.